The lowest BCUT2D eigenvalue weighted by Crippen LogP contribution is -2.11. The number of nitrogens with zero attached hydrogens (tertiary/aromatic N) is 3. The maximum atomic E-state index is 13.0. The Morgan fingerprint density at radius 1 is 1.39 bits per heavy atom. The van der Waals surface area contributed by atoms with Crippen molar-refractivity contribution in [2.75, 3.05) is 0 Å². The van der Waals surface area contributed by atoms with Crippen LogP contribution in [0, 0.1) is 10.7 Å². The predicted octanol–water partition coefficient (Wildman–Crippen LogP) is 1.80. The summed E-state index contributed by atoms with van der Waals surface area (Å²) in [5.41, 5.74) is 0.207. The summed E-state index contributed by atoms with van der Waals surface area (Å²) < 4.78 is 19.5. The molecule has 0 fully saturated rings. The monoisotopic (exact) mass is 321 g/mol. The fraction of sp³-hybridized carbons (Fsp3) is 0.214. The molecule has 1 N–H and O–H groups in total. The number of rotatable bonds is 6. The molecule has 1 heterocycles. The maximum absolute atomic E-state index is 13.0. The van der Waals surface area contributed by atoms with E-state index in [-0.39, 0.29) is 30.5 Å². The van der Waals surface area contributed by atoms with Crippen molar-refractivity contribution in [2.45, 2.75) is 20.1 Å². The van der Waals surface area contributed by atoms with Gasteiger partial charge in [-0.3, -0.25) is 9.59 Å². The van der Waals surface area contributed by atoms with Gasteiger partial charge in [0.1, 0.15) is 13.2 Å². The Balaban J connectivity index is 2.21. The molecule has 1 amide bonds. The number of hydrogen-bond acceptors (Lipinski definition) is 6. The van der Waals surface area contributed by atoms with Crippen LogP contribution in [0.1, 0.15) is 23.0 Å². The van der Waals surface area contributed by atoms with E-state index in [1.807, 2.05) is 0 Å². The highest BCUT2D eigenvalue weighted by Gasteiger charge is 2.17. The van der Waals surface area contributed by atoms with Crippen LogP contribution in [0.5, 0.6) is 11.6 Å². The van der Waals surface area contributed by atoms with Crippen LogP contribution in [0.2, 0.25) is 0 Å². The number of aromatic hydroxyl groups is 1. The van der Waals surface area contributed by atoms with Gasteiger partial charge in [-0.05, 0) is 24.6 Å². The first-order chi connectivity index (χ1) is 10.9. The molecular formula is C14H12FN3O5. The summed E-state index contributed by atoms with van der Waals surface area (Å²) in [7, 11) is 0. The molecule has 0 saturated carbocycles. The number of amides is 1. The number of hydrogen-bond donors (Lipinski definition) is 1. The number of nitroso groups, excluding NO2 is 1. The van der Waals surface area contributed by atoms with E-state index >= 15 is 0 Å². The second kappa shape index (κ2) is 6.77. The summed E-state index contributed by atoms with van der Waals surface area (Å²) in [4.78, 5) is 32.7. The van der Waals surface area contributed by atoms with E-state index in [1.54, 1.807) is 0 Å². The molecule has 1 aromatic heterocycles. The Kier molecular flexibility index (Phi) is 4.79. The largest absolute Gasteiger partial charge is 0.505 e. The molecule has 0 bridgehead atoms. The average molecular weight is 321 g/mol. The van der Waals surface area contributed by atoms with Crippen LogP contribution in [-0.4, -0.2) is 26.6 Å². The molecule has 0 atom stereocenters. The first kappa shape index (κ1) is 16.3. The first-order valence-electron chi connectivity index (χ1n) is 6.46. The maximum Gasteiger partial charge on any atom is 0.337 e. The number of benzene rings is 1. The summed E-state index contributed by atoms with van der Waals surface area (Å²) in [5, 5.41) is 15.3. The van der Waals surface area contributed by atoms with Crippen molar-refractivity contribution in [2.24, 2.45) is 5.18 Å². The second-order valence-corrected chi connectivity index (χ2v) is 4.70. The number of phenolic OH excluding ortho intramolecular Hbond substituents is 1. The molecule has 2 rings (SSSR count). The molecule has 9 heteroatoms. The summed E-state index contributed by atoms with van der Waals surface area (Å²) in [6, 6.07) is 4.84. The van der Waals surface area contributed by atoms with E-state index in [4.69, 9.17) is 4.74 Å². The highest BCUT2D eigenvalue weighted by molar-refractivity contribution is 5.93. The smallest absolute Gasteiger partial charge is 0.337 e. The molecule has 0 radical (unpaired) electrons. The summed E-state index contributed by atoms with van der Waals surface area (Å²) in [6.45, 7) is 1.10. The standard InChI is InChI=1S/C14H12FN3O5/c1-8(19)6-18-13(5-11(16-18)14(21)17-22)23-7-9-2-3-10(15)12(20)4-9/h2-5,20H,6-7H2,1H3. The van der Waals surface area contributed by atoms with Crippen molar-refractivity contribution in [3.63, 3.8) is 0 Å². The SMILES string of the molecule is CC(=O)Cn1nc(C(=O)N=O)cc1OCc1ccc(F)c(O)c1. The predicted molar refractivity (Wildman–Crippen MR) is 75.4 cm³/mol. The van der Waals surface area contributed by atoms with Crippen molar-refractivity contribution in [1.29, 1.82) is 0 Å². The van der Waals surface area contributed by atoms with Gasteiger partial charge < -0.3 is 9.84 Å². The topological polar surface area (TPSA) is 111 Å². The number of aromatic nitrogens is 2. The minimum Gasteiger partial charge on any atom is -0.505 e. The van der Waals surface area contributed by atoms with E-state index in [0.717, 1.165) is 10.7 Å². The van der Waals surface area contributed by atoms with E-state index in [0.29, 0.717) is 5.56 Å². The molecule has 0 aliphatic heterocycles. The van der Waals surface area contributed by atoms with Crippen molar-refractivity contribution >= 4 is 11.7 Å². The van der Waals surface area contributed by atoms with Gasteiger partial charge in [-0.15, -0.1) is 4.91 Å². The lowest BCUT2D eigenvalue weighted by molar-refractivity contribution is -0.117. The van der Waals surface area contributed by atoms with Gasteiger partial charge in [0, 0.05) is 11.2 Å². The minimum absolute atomic E-state index is 0.0658. The van der Waals surface area contributed by atoms with Gasteiger partial charge >= 0.3 is 5.91 Å². The number of halogens is 1. The third-order valence-corrected chi connectivity index (χ3v) is 2.81. The number of carbonyl (C=O) groups excluding carboxylic acids is 2. The van der Waals surface area contributed by atoms with Crippen molar-refractivity contribution in [1.82, 2.24) is 9.78 Å². The fourth-order valence-electron chi connectivity index (χ4n) is 1.80. The lowest BCUT2D eigenvalue weighted by atomic mass is 10.2. The van der Waals surface area contributed by atoms with E-state index in [2.05, 4.69) is 10.3 Å². The van der Waals surface area contributed by atoms with E-state index in [1.165, 1.54) is 25.1 Å². The van der Waals surface area contributed by atoms with Crippen LogP contribution in [0.4, 0.5) is 4.39 Å². The first-order valence-corrected chi connectivity index (χ1v) is 6.46. The number of carbonyl (C=O) groups is 2. The van der Waals surface area contributed by atoms with Gasteiger partial charge in [-0.2, -0.15) is 5.10 Å². The summed E-state index contributed by atoms with van der Waals surface area (Å²) in [6.07, 6.45) is 0. The quantitative estimate of drug-likeness (QED) is 0.812. The van der Waals surface area contributed by atoms with E-state index in [9.17, 15) is 24.0 Å². The number of ketones is 1. The Morgan fingerprint density at radius 3 is 2.74 bits per heavy atom. The normalized spacial score (nSPS) is 10.3. The number of Topliss-reactive ketones (excluding diaryl/α,β-unsaturated/α-hetero) is 1. The summed E-state index contributed by atoms with van der Waals surface area (Å²) in [5.74, 6) is -2.55. The highest BCUT2D eigenvalue weighted by Crippen LogP contribution is 2.20. The Labute approximate surface area is 129 Å². The Hall–Kier alpha value is -3.10. The zero-order chi connectivity index (χ0) is 17.0. The van der Waals surface area contributed by atoms with Gasteiger partial charge in [0.25, 0.3) is 0 Å². The molecule has 0 aliphatic rings. The molecule has 0 aliphatic carbocycles. The highest BCUT2D eigenvalue weighted by atomic mass is 19.1. The van der Waals surface area contributed by atoms with Crippen molar-refractivity contribution in [3.8, 4) is 11.6 Å². The Bertz CT molecular complexity index is 772. The third kappa shape index (κ3) is 3.96. The van der Waals surface area contributed by atoms with Crippen molar-refractivity contribution in [3.05, 3.63) is 46.2 Å². The zero-order valence-electron chi connectivity index (χ0n) is 12.0. The van der Waals surface area contributed by atoms with Crippen LogP contribution in [-0.2, 0) is 17.9 Å². The van der Waals surface area contributed by atoms with Crippen molar-refractivity contribution < 1.29 is 23.8 Å². The molecule has 0 saturated heterocycles. The second-order valence-electron chi connectivity index (χ2n) is 4.70. The summed E-state index contributed by atoms with van der Waals surface area (Å²) >= 11 is 0. The van der Waals surface area contributed by atoms with Gasteiger partial charge in [0.05, 0.1) is 0 Å². The molecule has 120 valence electrons. The third-order valence-electron chi connectivity index (χ3n) is 2.81. The zero-order valence-corrected chi connectivity index (χ0v) is 12.0. The fourth-order valence-corrected chi connectivity index (χ4v) is 1.80. The van der Waals surface area contributed by atoms with Gasteiger partial charge in [0.2, 0.25) is 5.88 Å². The number of ether oxygens (including phenoxy) is 1. The molecule has 8 nitrogen and oxygen atoms in total. The van der Waals surface area contributed by atoms with Crippen LogP contribution in [0.15, 0.2) is 29.4 Å². The molecule has 23 heavy (non-hydrogen) atoms. The Morgan fingerprint density at radius 2 is 2.13 bits per heavy atom. The van der Waals surface area contributed by atoms with Crippen LogP contribution in [0.25, 0.3) is 0 Å². The van der Waals surface area contributed by atoms with Crippen LogP contribution >= 0.6 is 0 Å². The molecule has 1 aromatic carbocycles. The van der Waals surface area contributed by atoms with Crippen LogP contribution < -0.4 is 4.74 Å². The number of phenols is 1. The molecular weight excluding hydrogens is 309 g/mol. The molecule has 0 unspecified atom stereocenters. The molecule has 2 aromatic rings. The van der Waals surface area contributed by atoms with Crippen LogP contribution in [0.3, 0.4) is 0 Å². The average Bonchev–Trinajstić information content (AvgIpc) is 2.90. The lowest BCUT2D eigenvalue weighted by Gasteiger charge is -2.08. The molecule has 0 spiro atoms. The van der Waals surface area contributed by atoms with Gasteiger partial charge in [-0.1, -0.05) is 6.07 Å². The minimum atomic E-state index is -1.09. The van der Waals surface area contributed by atoms with Gasteiger partial charge in [-0.25, -0.2) is 9.07 Å². The van der Waals surface area contributed by atoms with Gasteiger partial charge in [0.15, 0.2) is 23.0 Å². The van der Waals surface area contributed by atoms with E-state index < -0.39 is 17.5 Å².